The van der Waals surface area contributed by atoms with Gasteiger partial charge in [-0.1, -0.05) is 0 Å². The largest absolute Gasteiger partial charge is 0.379 e. The molecule has 0 radical (unpaired) electrons. The van der Waals surface area contributed by atoms with Crippen molar-refractivity contribution >= 4 is 27.5 Å². The predicted octanol–water partition coefficient (Wildman–Crippen LogP) is 3.10. The van der Waals surface area contributed by atoms with E-state index in [0.717, 1.165) is 66.5 Å². The van der Waals surface area contributed by atoms with Crippen molar-refractivity contribution in [2.24, 2.45) is 5.92 Å². The number of carbonyl (C=O) groups excluding carboxylic acids is 1. The fraction of sp³-hybridized carbons (Fsp3) is 0.727. The molecular weight excluding hydrogens is 400 g/mol. The first-order valence-electron chi connectivity index (χ1n) is 11.4. The van der Waals surface area contributed by atoms with E-state index in [0.29, 0.717) is 12.0 Å². The molecule has 8 heteroatoms. The van der Waals surface area contributed by atoms with E-state index in [-0.39, 0.29) is 18.1 Å². The Morgan fingerprint density at radius 1 is 1.20 bits per heavy atom. The lowest BCUT2D eigenvalue weighted by molar-refractivity contribution is -0.0604. The number of nitrogens with zero attached hydrogens (tertiary/aromatic N) is 2. The van der Waals surface area contributed by atoms with Gasteiger partial charge in [0.1, 0.15) is 4.83 Å². The maximum atomic E-state index is 13.0. The number of morpholine rings is 1. The van der Waals surface area contributed by atoms with Gasteiger partial charge in [-0.25, -0.2) is 0 Å². The molecule has 0 unspecified atom stereocenters. The van der Waals surface area contributed by atoms with Crippen LogP contribution in [0.1, 0.15) is 53.9 Å². The molecule has 0 spiro atoms. The van der Waals surface area contributed by atoms with Crippen LogP contribution in [-0.4, -0.2) is 72.1 Å². The first kappa shape index (κ1) is 20.4. The number of rotatable bonds is 4. The number of hydrogen-bond acceptors (Lipinski definition) is 6. The molecule has 1 amide bonds. The normalized spacial score (nSPS) is 31.1. The van der Waals surface area contributed by atoms with Crippen molar-refractivity contribution in [3.05, 3.63) is 16.6 Å². The molecule has 4 heterocycles. The first-order chi connectivity index (χ1) is 14.7. The smallest absolute Gasteiger partial charge is 0.261 e. The van der Waals surface area contributed by atoms with Gasteiger partial charge in [-0.05, 0) is 57.4 Å². The summed E-state index contributed by atoms with van der Waals surface area (Å²) in [5.74, 6) is 0.552. The number of hydrogen-bond donors (Lipinski definition) is 2. The number of nitrogens with one attached hydrogen (secondary N) is 2. The van der Waals surface area contributed by atoms with Crippen LogP contribution in [0.15, 0.2) is 6.07 Å². The van der Waals surface area contributed by atoms with Crippen LogP contribution in [0.3, 0.4) is 0 Å². The van der Waals surface area contributed by atoms with Gasteiger partial charge in [0.25, 0.3) is 5.91 Å². The van der Waals surface area contributed by atoms with Crippen LogP contribution < -0.4 is 5.32 Å². The lowest BCUT2D eigenvalue weighted by Gasteiger charge is -2.43. The van der Waals surface area contributed by atoms with Crippen LogP contribution in [-0.2, 0) is 9.47 Å². The monoisotopic (exact) mass is 432 g/mol. The lowest BCUT2D eigenvalue weighted by atomic mass is 9.78. The van der Waals surface area contributed by atoms with Crippen molar-refractivity contribution in [2.45, 2.75) is 63.6 Å². The van der Waals surface area contributed by atoms with Crippen molar-refractivity contribution in [1.29, 1.82) is 0 Å². The van der Waals surface area contributed by atoms with Crippen molar-refractivity contribution in [3.63, 3.8) is 0 Å². The maximum Gasteiger partial charge on any atom is 0.261 e. The fourth-order valence-electron chi connectivity index (χ4n) is 5.44. The zero-order chi connectivity index (χ0) is 20.5. The number of H-pyrrole nitrogens is 1. The predicted molar refractivity (Wildman–Crippen MR) is 117 cm³/mol. The quantitative estimate of drug-likeness (QED) is 0.776. The molecule has 2 aromatic heterocycles. The highest BCUT2D eigenvalue weighted by Gasteiger charge is 2.37. The zero-order valence-corrected chi connectivity index (χ0v) is 18.5. The molecule has 2 aromatic rings. The second-order valence-electron chi connectivity index (χ2n) is 8.95. The van der Waals surface area contributed by atoms with Gasteiger partial charge in [0.05, 0.1) is 30.2 Å². The minimum Gasteiger partial charge on any atom is -0.379 e. The first-order valence-corrected chi connectivity index (χ1v) is 12.2. The Labute approximate surface area is 181 Å². The van der Waals surface area contributed by atoms with Crippen LogP contribution in [0.4, 0.5) is 0 Å². The van der Waals surface area contributed by atoms with E-state index in [1.54, 1.807) is 0 Å². The molecule has 2 atom stereocenters. The van der Waals surface area contributed by atoms with Crippen LogP contribution in [0.5, 0.6) is 0 Å². The Balaban J connectivity index is 1.21. The Bertz CT molecular complexity index is 867. The lowest BCUT2D eigenvalue weighted by Crippen LogP contribution is -2.52. The number of aromatic amines is 1. The third-order valence-corrected chi connectivity index (χ3v) is 8.14. The minimum absolute atomic E-state index is 0.0138. The summed E-state index contributed by atoms with van der Waals surface area (Å²) >= 11 is 1.46. The molecule has 0 bridgehead atoms. The molecule has 3 fully saturated rings. The topological polar surface area (TPSA) is 79.5 Å². The second-order valence-corrected chi connectivity index (χ2v) is 9.98. The molecule has 5 rings (SSSR count). The van der Waals surface area contributed by atoms with Gasteiger partial charge in [0, 0.05) is 36.8 Å². The highest BCUT2D eigenvalue weighted by molar-refractivity contribution is 7.20. The molecule has 1 aliphatic carbocycles. The highest BCUT2D eigenvalue weighted by atomic mass is 32.1. The van der Waals surface area contributed by atoms with Crippen molar-refractivity contribution in [1.82, 2.24) is 20.4 Å². The number of amides is 1. The second kappa shape index (κ2) is 8.94. The van der Waals surface area contributed by atoms with E-state index in [9.17, 15) is 4.79 Å². The van der Waals surface area contributed by atoms with Crippen LogP contribution in [0, 0.1) is 12.8 Å². The maximum absolute atomic E-state index is 13.0. The average molecular weight is 433 g/mol. The molecule has 7 nitrogen and oxygen atoms in total. The van der Waals surface area contributed by atoms with Crippen molar-refractivity contribution < 1.29 is 14.3 Å². The Morgan fingerprint density at radius 3 is 2.77 bits per heavy atom. The molecule has 0 aromatic carbocycles. The van der Waals surface area contributed by atoms with Crippen LogP contribution in [0.2, 0.25) is 0 Å². The summed E-state index contributed by atoms with van der Waals surface area (Å²) in [5, 5.41) is 11.6. The van der Waals surface area contributed by atoms with Gasteiger partial charge in [0.2, 0.25) is 0 Å². The Morgan fingerprint density at radius 2 is 2.00 bits per heavy atom. The van der Waals surface area contributed by atoms with E-state index < -0.39 is 0 Å². The summed E-state index contributed by atoms with van der Waals surface area (Å²) in [6, 6.07) is 2.75. The molecular formula is C22H32N4O3S. The van der Waals surface area contributed by atoms with Crippen molar-refractivity contribution in [3.8, 4) is 0 Å². The van der Waals surface area contributed by atoms with Crippen LogP contribution >= 0.6 is 11.3 Å². The van der Waals surface area contributed by atoms with E-state index in [4.69, 9.17) is 9.47 Å². The number of thiophene rings is 1. The van der Waals surface area contributed by atoms with Crippen molar-refractivity contribution in [2.75, 3.05) is 32.9 Å². The average Bonchev–Trinajstić information content (AvgIpc) is 3.37. The minimum atomic E-state index is 0.0138. The molecule has 30 heavy (non-hydrogen) atoms. The third-order valence-electron chi connectivity index (χ3n) is 7.12. The number of ether oxygens (including phenoxy) is 2. The molecule has 2 saturated heterocycles. The van der Waals surface area contributed by atoms with E-state index in [1.165, 1.54) is 37.0 Å². The molecule has 1 saturated carbocycles. The van der Waals surface area contributed by atoms with E-state index in [1.807, 2.05) is 13.0 Å². The summed E-state index contributed by atoms with van der Waals surface area (Å²) in [7, 11) is 0. The molecule has 164 valence electrons. The van der Waals surface area contributed by atoms with Gasteiger partial charge in [-0.15, -0.1) is 11.3 Å². The standard InChI is InChI=1S/C22H32N4O3S/c1-14-17-13-19(30-22(17)25-24-14)21(27)23-18-3-2-10-29-20(18)15-4-6-16(7-5-15)26-8-11-28-12-9-26/h13,15-16,18,20H,2-12H2,1H3,(H,23,27)(H,24,25)/t15?,16?,18-,20+/m1/s1. The number of fused-ring (bicyclic) bond motifs is 1. The van der Waals surface area contributed by atoms with Crippen LogP contribution in [0.25, 0.3) is 10.2 Å². The van der Waals surface area contributed by atoms with E-state index in [2.05, 4.69) is 20.4 Å². The fourth-order valence-corrected chi connectivity index (χ4v) is 6.39. The highest BCUT2D eigenvalue weighted by Crippen LogP contribution is 2.35. The van der Waals surface area contributed by atoms with Gasteiger partial charge in [-0.2, -0.15) is 5.10 Å². The molecule has 2 aliphatic heterocycles. The van der Waals surface area contributed by atoms with Gasteiger partial charge >= 0.3 is 0 Å². The summed E-state index contributed by atoms with van der Waals surface area (Å²) in [4.78, 5) is 17.2. The number of carbonyl (C=O) groups is 1. The molecule has 3 aliphatic rings. The van der Waals surface area contributed by atoms with Gasteiger partial charge < -0.3 is 14.8 Å². The third kappa shape index (κ3) is 4.15. The van der Waals surface area contributed by atoms with E-state index >= 15 is 0 Å². The zero-order valence-electron chi connectivity index (χ0n) is 17.7. The van der Waals surface area contributed by atoms with Gasteiger partial charge in [0.15, 0.2) is 0 Å². The number of aromatic nitrogens is 2. The summed E-state index contributed by atoms with van der Waals surface area (Å²) < 4.78 is 11.8. The Hall–Kier alpha value is -1.48. The summed E-state index contributed by atoms with van der Waals surface area (Å²) in [5.41, 5.74) is 1.01. The Kier molecular flexibility index (Phi) is 6.09. The summed E-state index contributed by atoms with van der Waals surface area (Å²) in [6.07, 6.45) is 6.98. The summed E-state index contributed by atoms with van der Waals surface area (Å²) in [6.45, 7) is 6.67. The number of aryl methyl sites for hydroxylation is 1. The van der Waals surface area contributed by atoms with Gasteiger partial charge in [-0.3, -0.25) is 14.8 Å². The SMILES string of the molecule is Cc1[nH]nc2sc(C(=O)N[C@@H]3CCCO[C@H]3C3CCC(N4CCOCC4)CC3)cc12. The molecule has 2 N–H and O–H groups in total.